The van der Waals surface area contributed by atoms with Crippen LogP contribution in [0.5, 0.6) is 0 Å². The molecule has 0 amide bonds. The first-order valence-corrected chi connectivity index (χ1v) is 9.51. The van der Waals surface area contributed by atoms with Crippen LogP contribution in [-0.4, -0.2) is 37.9 Å². The van der Waals surface area contributed by atoms with E-state index in [4.69, 9.17) is 4.84 Å². The number of para-hydroxylation sites is 1. The van der Waals surface area contributed by atoms with Crippen LogP contribution in [0.4, 0.5) is 5.69 Å². The molecule has 2 fully saturated rings. The molecule has 1 N–H and O–H groups in total. The first kappa shape index (κ1) is 18.9. The van der Waals surface area contributed by atoms with E-state index in [1.165, 1.54) is 0 Å². The van der Waals surface area contributed by atoms with Crippen LogP contribution in [0.15, 0.2) is 30.3 Å². The van der Waals surface area contributed by atoms with Gasteiger partial charge in [-0.2, -0.15) is 0 Å². The lowest BCUT2D eigenvalue weighted by Crippen LogP contribution is -2.47. The van der Waals surface area contributed by atoms with Crippen molar-refractivity contribution in [2.75, 3.05) is 31.7 Å². The van der Waals surface area contributed by atoms with Crippen LogP contribution >= 0.6 is 0 Å². The third-order valence-electron chi connectivity index (χ3n) is 5.65. The van der Waals surface area contributed by atoms with Crippen molar-refractivity contribution in [3.63, 3.8) is 0 Å². The summed E-state index contributed by atoms with van der Waals surface area (Å²) in [6.07, 6.45) is 3.93. The lowest BCUT2D eigenvalue weighted by molar-refractivity contribution is -0.144. The fourth-order valence-electron chi connectivity index (χ4n) is 4.15. The maximum Gasteiger partial charge on any atom is 0.332 e. The highest BCUT2D eigenvalue weighted by Gasteiger charge is 2.45. The number of carbonyl (C=O) groups is 2. The fraction of sp³-hybridized carbons (Fsp3) is 0.600. The predicted octanol–water partition coefficient (Wildman–Crippen LogP) is 2.30. The van der Waals surface area contributed by atoms with Crippen LogP contribution in [0.3, 0.4) is 0 Å². The minimum Gasteiger partial charge on any atom is -0.343 e. The average molecular weight is 357 g/mol. The van der Waals surface area contributed by atoms with E-state index in [2.05, 4.69) is 16.1 Å². The van der Waals surface area contributed by atoms with Crippen molar-refractivity contribution in [3.05, 3.63) is 30.3 Å². The minimum absolute atomic E-state index is 0.106. The number of anilines is 1. The van der Waals surface area contributed by atoms with Crippen molar-refractivity contribution in [3.8, 4) is 0 Å². The zero-order valence-electron chi connectivity index (χ0n) is 15.2. The Morgan fingerprint density at radius 3 is 2.35 bits per heavy atom. The third-order valence-corrected chi connectivity index (χ3v) is 5.65. The molecule has 0 aliphatic carbocycles. The number of carbonyl (C=O) groups excluding carboxylic acids is 2. The molecule has 0 unspecified atom stereocenters. The Bertz CT molecular complexity index is 594. The van der Waals surface area contributed by atoms with E-state index in [1.54, 1.807) is 0 Å². The highest BCUT2D eigenvalue weighted by Crippen LogP contribution is 2.43. The second kappa shape index (κ2) is 9.14. The number of piperidine rings is 2. The van der Waals surface area contributed by atoms with Gasteiger partial charge in [0, 0.05) is 38.0 Å². The van der Waals surface area contributed by atoms with E-state index < -0.39 is 5.97 Å². The zero-order chi connectivity index (χ0) is 18.2. The predicted molar refractivity (Wildman–Crippen MR) is 98.5 cm³/mol. The lowest BCUT2D eigenvalue weighted by Gasteiger charge is -2.44. The molecule has 0 spiro atoms. The Kier molecular flexibility index (Phi) is 6.63. The van der Waals surface area contributed by atoms with E-state index in [9.17, 15) is 9.59 Å². The quantitative estimate of drug-likeness (QED) is 0.759. The molecular weight excluding hydrogens is 330 g/mol. The van der Waals surface area contributed by atoms with Gasteiger partial charge < -0.3 is 4.84 Å². The van der Waals surface area contributed by atoms with E-state index in [-0.39, 0.29) is 24.0 Å². The molecule has 2 heterocycles. The van der Waals surface area contributed by atoms with Gasteiger partial charge in [-0.25, -0.2) is 20.9 Å². The summed E-state index contributed by atoms with van der Waals surface area (Å²) in [5.74, 6) is 0.175. The summed E-state index contributed by atoms with van der Waals surface area (Å²) in [4.78, 5) is 30.2. The van der Waals surface area contributed by atoms with Crippen molar-refractivity contribution in [1.82, 2.24) is 10.6 Å². The van der Waals surface area contributed by atoms with Gasteiger partial charge in [-0.3, -0.25) is 4.79 Å². The Labute approximate surface area is 155 Å². The Morgan fingerprint density at radius 2 is 1.65 bits per heavy atom. The number of ketones is 1. The molecule has 0 bridgehead atoms. The van der Waals surface area contributed by atoms with Gasteiger partial charge in [0.25, 0.3) is 0 Å². The summed E-state index contributed by atoms with van der Waals surface area (Å²) in [5.41, 5.74) is 3.03. The number of Topliss-reactive ketones (excluding diaryl/α,β-unsaturated/α-hetero) is 1. The van der Waals surface area contributed by atoms with Gasteiger partial charge in [0.1, 0.15) is 5.78 Å². The highest BCUT2D eigenvalue weighted by atomic mass is 16.7. The SMILES string of the molecule is O=C(CCC(=O)C1(C2CC[N]CC2)CC[N]CC1)ONc1ccccc1. The van der Waals surface area contributed by atoms with Gasteiger partial charge in [-0.15, -0.1) is 0 Å². The van der Waals surface area contributed by atoms with E-state index in [1.807, 2.05) is 30.3 Å². The topological polar surface area (TPSA) is 83.6 Å². The van der Waals surface area contributed by atoms with Crippen LogP contribution in [0.25, 0.3) is 0 Å². The van der Waals surface area contributed by atoms with Gasteiger partial charge in [0.2, 0.25) is 0 Å². The number of benzene rings is 1. The van der Waals surface area contributed by atoms with Crippen molar-refractivity contribution in [2.45, 2.75) is 38.5 Å². The smallest absolute Gasteiger partial charge is 0.332 e. The summed E-state index contributed by atoms with van der Waals surface area (Å²) in [5, 5.41) is 8.85. The number of hydrogen-bond acceptors (Lipinski definition) is 4. The highest BCUT2D eigenvalue weighted by molar-refractivity contribution is 5.88. The molecule has 140 valence electrons. The summed E-state index contributed by atoms with van der Waals surface area (Å²) >= 11 is 0. The maximum absolute atomic E-state index is 13.1. The summed E-state index contributed by atoms with van der Waals surface area (Å²) in [7, 11) is 0. The molecule has 2 radical (unpaired) electrons. The molecule has 0 aromatic heterocycles. The number of hydrogen-bond donors (Lipinski definition) is 1. The number of nitrogens with zero attached hydrogens (tertiary/aromatic N) is 2. The van der Waals surface area contributed by atoms with Crippen molar-refractivity contribution >= 4 is 17.4 Å². The van der Waals surface area contributed by atoms with Gasteiger partial charge in [-0.05, 0) is 43.7 Å². The summed E-state index contributed by atoms with van der Waals surface area (Å²) < 4.78 is 0. The zero-order valence-corrected chi connectivity index (χ0v) is 15.2. The van der Waals surface area contributed by atoms with Gasteiger partial charge in [0.15, 0.2) is 0 Å². The molecule has 1 aromatic rings. The Hall–Kier alpha value is -1.92. The number of rotatable bonds is 7. The van der Waals surface area contributed by atoms with E-state index in [0.717, 1.165) is 51.9 Å². The van der Waals surface area contributed by atoms with Crippen LogP contribution in [0, 0.1) is 11.3 Å². The molecule has 0 saturated carbocycles. The molecule has 3 rings (SSSR count). The molecule has 26 heavy (non-hydrogen) atoms. The van der Waals surface area contributed by atoms with Crippen molar-refractivity contribution in [2.24, 2.45) is 11.3 Å². The second-order valence-corrected chi connectivity index (χ2v) is 7.14. The molecule has 0 atom stereocenters. The third kappa shape index (κ3) is 4.62. The molecule has 2 aliphatic heterocycles. The average Bonchev–Trinajstić information content (AvgIpc) is 2.72. The van der Waals surface area contributed by atoms with Gasteiger partial charge in [-0.1, -0.05) is 18.2 Å². The molecule has 2 saturated heterocycles. The summed E-state index contributed by atoms with van der Waals surface area (Å²) in [6, 6.07) is 9.22. The summed E-state index contributed by atoms with van der Waals surface area (Å²) in [6.45, 7) is 3.19. The number of nitrogens with one attached hydrogen (secondary N) is 1. The molecule has 6 heteroatoms. The molecule has 1 aromatic carbocycles. The van der Waals surface area contributed by atoms with Crippen molar-refractivity contribution in [1.29, 1.82) is 0 Å². The first-order chi connectivity index (χ1) is 12.7. The van der Waals surface area contributed by atoms with Crippen LogP contribution < -0.4 is 16.1 Å². The van der Waals surface area contributed by atoms with E-state index in [0.29, 0.717) is 11.6 Å². The fourth-order valence-corrected chi connectivity index (χ4v) is 4.15. The minimum atomic E-state index is -0.406. The molecule has 2 aliphatic rings. The standard InChI is InChI=1S/C20H27N3O3/c24-18(6-7-19(25)26-23-17-4-2-1-3-5-17)20(10-14-22-15-11-20)16-8-12-21-13-9-16/h1-5,16,23H,6-15H2. The first-order valence-electron chi connectivity index (χ1n) is 9.51. The molecule has 6 nitrogen and oxygen atoms in total. The van der Waals surface area contributed by atoms with Crippen LogP contribution in [0.2, 0.25) is 0 Å². The lowest BCUT2D eigenvalue weighted by atomic mass is 9.62. The maximum atomic E-state index is 13.1. The van der Waals surface area contributed by atoms with Crippen LogP contribution in [-0.2, 0) is 14.4 Å². The van der Waals surface area contributed by atoms with Gasteiger partial charge in [0.05, 0.1) is 12.1 Å². The Morgan fingerprint density at radius 1 is 1.00 bits per heavy atom. The second-order valence-electron chi connectivity index (χ2n) is 7.14. The largest absolute Gasteiger partial charge is 0.343 e. The van der Waals surface area contributed by atoms with E-state index >= 15 is 0 Å². The van der Waals surface area contributed by atoms with Crippen LogP contribution in [0.1, 0.15) is 38.5 Å². The van der Waals surface area contributed by atoms with Crippen molar-refractivity contribution < 1.29 is 14.4 Å². The Balaban J connectivity index is 1.53. The molecular formula is C20H27N3O3. The monoisotopic (exact) mass is 357 g/mol. The van der Waals surface area contributed by atoms with Gasteiger partial charge >= 0.3 is 5.97 Å². The normalized spacial score (nSPS) is 20.3.